The van der Waals surface area contributed by atoms with Crippen LogP contribution in [0.15, 0.2) is 24.3 Å². The Morgan fingerprint density at radius 2 is 1.54 bits per heavy atom. The Kier molecular flexibility index (Phi) is 21.4. The van der Waals surface area contributed by atoms with Crippen LogP contribution >= 0.6 is 0 Å². The third-order valence-corrected chi connectivity index (χ3v) is 10.2. The minimum Gasteiger partial charge on any atom is -0.508 e. The first-order valence-corrected chi connectivity index (χ1v) is 19.3. The van der Waals surface area contributed by atoms with E-state index in [0.717, 1.165) is 0 Å². The van der Waals surface area contributed by atoms with Crippen molar-refractivity contribution in [1.82, 2.24) is 25.3 Å². The number of likely N-dealkylation sites (N-methyl/N-ethyl adjacent to an activating group) is 2. The van der Waals surface area contributed by atoms with Crippen molar-refractivity contribution in [3.05, 3.63) is 29.8 Å². The summed E-state index contributed by atoms with van der Waals surface area (Å²) in [6.07, 6.45) is 1.88. The van der Waals surface area contributed by atoms with E-state index in [1.807, 2.05) is 46.7 Å². The number of phenolic OH excluding ortho intramolecular Hbond substituents is 1. The Hall–Kier alpha value is -3.75. The fourth-order valence-corrected chi connectivity index (χ4v) is 7.22. The standard InChI is InChI=1S/C37H61N5O9.C3H8/c1-11-23(4)33(41(8)31(45)21-38-36(47)32(22(2)3)40(6)7)29(50-9)20-30(44)42-18-12-13-28(42)34(51-10)24(5)35(46)39-27(37(48)49)19-25-14-16-26(43)17-15-25;1-3-2/h14-17,22-24,27-29,32-34,43H,11-13,18-21H2,1-10H3,(H,38,47)(H,39,46)(H,48,49);3H2,1-2H3/t23?,24?,27-,28-,29?,32?,33?,34?;/m0./s1. The first-order chi connectivity index (χ1) is 25.4. The highest BCUT2D eigenvalue weighted by Gasteiger charge is 2.42. The second-order valence-electron chi connectivity index (χ2n) is 15.0. The van der Waals surface area contributed by atoms with Crippen molar-refractivity contribution in [1.29, 1.82) is 0 Å². The van der Waals surface area contributed by atoms with Crippen molar-refractivity contribution >= 4 is 29.6 Å². The van der Waals surface area contributed by atoms with Gasteiger partial charge >= 0.3 is 5.97 Å². The largest absolute Gasteiger partial charge is 0.508 e. The molecule has 1 aliphatic heterocycles. The Balaban J connectivity index is 0.00000469. The SMILES string of the molecule is CCC.CCC(C)C(C(CC(=O)N1CCC[C@H]1C(OC)C(C)C(=O)N[C@@H](Cc1ccc(O)cc1)C(=O)O)OC)N(C)C(=O)CNC(=O)C(C(C)C)N(C)C. The van der Waals surface area contributed by atoms with Crippen LogP contribution in [-0.4, -0.2) is 139 Å². The number of hydrogen-bond acceptors (Lipinski definition) is 9. The number of carboxylic acid groups (broad SMARTS) is 1. The van der Waals surface area contributed by atoms with E-state index in [1.165, 1.54) is 32.8 Å². The van der Waals surface area contributed by atoms with Gasteiger partial charge in [0.25, 0.3) is 0 Å². The summed E-state index contributed by atoms with van der Waals surface area (Å²) >= 11 is 0. The van der Waals surface area contributed by atoms with Crippen molar-refractivity contribution in [3.8, 4) is 5.75 Å². The summed E-state index contributed by atoms with van der Waals surface area (Å²) in [5.41, 5.74) is 0.633. The van der Waals surface area contributed by atoms with Gasteiger partial charge < -0.3 is 40.1 Å². The van der Waals surface area contributed by atoms with Gasteiger partial charge in [-0.15, -0.1) is 0 Å². The highest BCUT2D eigenvalue weighted by atomic mass is 16.5. The molecule has 0 saturated carbocycles. The summed E-state index contributed by atoms with van der Waals surface area (Å²) in [5.74, 6) is -3.18. The number of nitrogens with zero attached hydrogens (tertiary/aromatic N) is 3. The van der Waals surface area contributed by atoms with E-state index in [2.05, 4.69) is 24.5 Å². The third kappa shape index (κ3) is 14.2. The molecule has 6 unspecified atom stereocenters. The van der Waals surface area contributed by atoms with Crippen molar-refractivity contribution in [2.24, 2.45) is 17.8 Å². The minimum absolute atomic E-state index is 0.0211. The summed E-state index contributed by atoms with van der Waals surface area (Å²) in [6, 6.07) is 3.60. The molecule has 0 radical (unpaired) electrons. The highest BCUT2D eigenvalue weighted by Crippen LogP contribution is 2.29. The molecule has 1 aliphatic rings. The van der Waals surface area contributed by atoms with Crippen molar-refractivity contribution in [3.63, 3.8) is 0 Å². The lowest BCUT2D eigenvalue weighted by Gasteiger charge is -2.39. The van der Waals surface area contributed by atoms with Crippen LogP contribution in [-0.2, 0) is 39.9 Å². The minimum atomic E-state index is -1.21. The average molecular weight is 764 g/mol. The molecule has 308 valence electrons. The van der Waals surface area contributed by atoms with Gasteiger partial charge in [0.1, 0.15) is 11.8 Å². The van der Waals surface area contributed by atoms with Gasteiger partial charge in [-0.05, 0) is 56.5 Å². The smallest absolute Gasteiger partial charge is 0.326 e. The van der Waals surface area contributed by atoms with Crippen molar-refractivity contribution in [2.45, 2.75) is 123 Å². The molecule has 14 nitrogen and oxygen atoms in total. The average Bonchev–Trinajstić information content (AvgIpc) is 3.60. The van der Waals surface area contributed by atoms with E-state index in [0.29, 0.717) is 31.4 Å². The van der Waals surface area contributed by atoms with Gasteiger partial charge in [0.2, 0.25) is 23.6 Å². The number of carbonyl (C=O) groups is 5. The summed E-state index contributed by atoms with van der Waals surface area (Å²) < 4.78 is 11.7. The first kappa shape index (κ1) is 48.3. The Labute approximate surface area is 323 Å². The Morgan fingerprint density at radius 1 is 0.944 bits per heavy atom. The summed E-state index contributed by atoms with van der Waals surface area (Å²) in [4.78, 5) is 70.9. The molecule has 54 heavy (non-hydrogen) atoms. The number of likely N-dealkylation sites (tertiary alicyclic amines) is 1. The quantitative estimate of drug-likeness (QED) is 0.154. The van der Waals surface area contributed by atoms with Gasteiger partial charge in [-0.1, -0.05) is 73.4 Å². The number of hydrogen-bond donors (Lipinski definition) is 4. The molecular weight excluding hydrogens is 694 g/mol. The van der Waals surface area contributed by atoms with Crippen LogP contribution in [0.25, 0.3) is 0 Å². The van der Waals surface area contributed by atoms with E-state index < -0.39 is 48.1 Å². The Morgan fingerprint density at radius 3 is 2.02 bits per heavy atom. The van der Waals surface area contributed by atoms with E-state index in [4.69, 9.17) is 9.47 Å². The summed E-state index contributed by atoms with van der Waals surface area (Å²) in [5, 5.41) is 24.8. The second kappa shape index (κ2) is 23.9. The van der Waals surface area contributed by atoms with E-state index in [-0.39, 0.29) is 60.7 Å². The Bertz CT molecular complexity index is 1320. The molecule has 1 aromatic rings. The van der Waals surface area contributed by atoms with Gasteiger partial charge in [-0.3, -0.25) is 24.1 Å². The molecule has 1 heterocycles. The van der Waals surface area contributed by atoms with E-state index in [1.54, 1.807) is 35.9 Å². The van der Waals surface area contributed by atoms with Crippen LogP contribution in [0.4, 0.5) is 0 Å². The number of methoxy groups -OCH3 is 2. The third-order valence-electron chi connectivity index (χ3n) is 10.2. The van der Waals surface area contributed by atoms with Crippen LogP contribution in [0.2, 0.25) is 0 Å². The zero-order valence-electron chi connectivity index (χ0n) is 34.8. The number of carboxylic acids is 1. The zero-order chi connectivity index (χ0) is 41.3. The molecule has 2 rings (SSSR count). The predicted octanol–water partition coefficient (Wildman–Crippen LogP) is 3.54. The lowest BCUT2D eigenvalue weighted by Crippen LogP contribution is -2.55. The fourth-order valence-electron chi connectivity index (χ4n) is 7.22. The molecule has 1 fully saturated rings. The highest BCUT2D eigenvalue weighted by molar-refractivity contribution is 5.88. The summed E-state index contributed by atoms with van der Waals surface area (Å²) in [6.45, 7) is 14.1. The first-order valence-electron chi connectivity index (χ1n) is 19.3. The topological polar surface area (TPSA) is 178 Å². The monoisotopic (exact) mass is 764 g/mol. The van der Waals surface area contributed by atoms with Gasteiger partial charge in [0.05, 0.1) is 49.2 Å². The van der Waals surface area contributed by atoms with Gasteiger partial charge in [0.15, 0.2) is 0 Å². The number of aliphatic carboxylic acids is 1. The maximum atomic E-state index is 14.0. The normalized spacial score (nSPS) is 18.0. The molecule has 1 aromatic carbocycles. The van der Waals surface area contributed by atoms with Gasteiger partial charge in [0, 0.05) is 34.2 Å². The van der Waals surface area contributed by atoms with E-state index >= 15 is 0 Å². The second-order valence-corrected chi connectivity index (χ2v) is 15.0. The molecule has 0 spiro atoms. The molecule has 0 aromatic heterocycles. The van der Waals surface area contributed by atoms with Crippen LogP contribution in [0.1, 0.15) is 86.1 Å². The fraction of sp³-hybridized carbons (Fsp3) is 0.725. The predicted molar refractivity (Wildman–Crippen MR) is 209 cm³/mol. The van der Waals surface area contributed by atoms with Gasteiger partial charge in [-0.2, -0.15) is 0 Å². The number of carbonyl (C=O) groups excluding carboxylic acids is 4. The molecule has 0 aliphatic carbocycles. The number of aromatic hydroxyl groups is 1. The zero-order valence-corrected chi connectivity index (χ0v) is 34.8. The molecule has 14 heteroatoms. The van der Waals surface area contributed by atoms with Crippen LogP contribution in [0.5, 0.6) is 5.75 Å². The number of phenols is 1. The molecule has 4 N–H and O–H groups in total. The van der Waals surface area contributed by atoms with Crippen LogP contribution < -0.4 is 10.6 Å². The maximum absolute atomic E-state index is 14.0. The van der Waals surface area contributed by atoms with Crippen LogP contribution in [0, 0.1) is 17.8 Å². The lowest BCUT2D eigenvalue weighted by atomic mass is 9.90. The number of rotatable bonds is 20. The van der Waals surface area contributed by atoms with Crippen LogP contribution in [0.3, 0.4) is 0 Å². The van der Waals surface area contributed by atoms with Gasteiger partial charge in [-0.25, -0.2) is 4.79 Å². The number of nitrogens with one attached hydrogen (secondary N) is 2. The van der Waals surface area contributed by atoms with Crippen molar-refractivity contribution in [2.75, 3.05) is 48.5 Å². The number of amides is 4. The van der Waals surface area contributed by atoms with E-state index in [9.17, 15) is 34.2 Å². The number of ether oxygens (including phenoxy) is 2. The molecule has 0 bridgehead atoms. The molecule has 8 atom stereocenters. The molecular formula is C40H69N5O9. The lowest BCUT2D eigenvalue weighted by molar-refractivity contribution is -0.147. The van der Waals surface area contributed by atoms with Crippen molar-refractivity contribution < 1.29 is 43.7 Å². The molecule has 4 amide bonds. The number of benzene rings is 1. The molecule has 1 saturated heterocycles. The summed E-state index contributed by atoms with van der Waals surface area (Å²) in [7, 11) is 8.30. The maximum Gasteiger partial charge on any atom is 0.326 e.